The second-order valence-electron chi connectivity index (χ2n) is 10.1. The van der Waals surface area contributed by atoms with Gasteiger partial charge in [-0.2, -0.15) is 13.2 Å². The predicted octanol–water partition coefficient (Wildman–Crippen LogP) is 4.73. The van der Waals surface area contributed by atoms with E-state index in [9.17, 15) is 18.0 Å². The number of carbonyl (C=O) groups excluding carboxylic acids is 1. The molecule has 0 unspecified atom stereocenters. The SMILES string of the molecule is CC(C)(C)OC(=O)N1CC[C@H](c2nc(-c3ccnc(C(F)(F)F)c3)cn2CCN2CCC2)[C@H](F)C1. The summed E-state index contributed by atoms with van der Waals surface area (Å²) in [5.41, 5.74) is -1.06. The number of pyridine rings is 1. The number of halogens is 4. The Morgan fingerprint density at radius 3 is 2.51 bits per heavy atom. The van der Waals surface area contributed by atoms with Crippen LogP contribution in [0.4, 0.5) is 22.4 Å². The molecule has 0 radical (unpaired) electrons. The van der Waals surface area contributed by atoms with E-state index in [-0.39, 0.29) is 12.1 Å². The van der Waals surface area contributed by atoms with Crippen molar-refractivity contribution in [1.82, 2.24) is 24.3 Å². The lowest BCUT2D eigenvalue weighted by molar-refractivity contribution is -0.141. The number of alkyl halides is 4. The summed E-state index contributed by atoms with van der Waals surface area (Å²) >= 11 is 0. The van der Waals surface area contributed by atoms with Crippen LogP contribution in [0.2, 0.25) is 0 Å². The molecule has 4 heterocycles. The topological polar surface area (TPSA) is 63.5 Å². The molecule has 192 valence electrons. The third kappa shape index (κ3) is 6.12. The van der Waals surface area contributed by atoms with Crippen LogP contribution in [0.1, 0.15) is 51.0 Å². The first-order chi connectivity index (χ1) is 16.4. The Morgan fingerprint density at radius 1 is 1.17 bits per heavy atom. The Kier molecular flexibility index (Phi) is 7.08. The number of piperidine rings is 1. The standard InChI is InChI=1S/C24H31F4N5O2/c1-23(2,3)35-22(34)33-10-6-17(18(25)14-33)21-30-19(15-32(21)12-11-31-8-4-9-31)16-5-7-29-20(13-16)24(26,27)28/h5,7,13,15,17-18H,4,6,8-12,14H2,1-3H3/t17-,18+/m0/s1. The third-order valence-corrected chi connectivity index (χ3v) is 6.28. The minimum atomic E-state index is -4.57. The van der Waals surface area contributed by atoms with Gasteiger partial charge in [-0.1, -0.05) is 0 Å². The van der Waals surface area contributed by atoms with Gasteiger partial charge in [0, 0.05) is 37.6 Å². The summed E-state index contributed by atoms with van der Waals surface area (Å²) in [5, 5.41) is 0. The Balaban J connectivity index is 1.57. The van der Waals surface area contributed by atoms with Crippen molar-refractivity contribution < 1.29 is 27.1 Å². The van der Waals surface area contributed by atoms with Crippen LogP contribution < -0.4 is 0 Å². The van der Waals surface area contributed by atoms with Gasteiger partial charge in [0.1, 0.15) is 23.3 Å². The number of imidazole rings is 1. The highest BCUT2D eigenvalue weighted by molar-refractivity contribution is 5.68. The number of aromatic nitrogens is 3. The lowest BCUT2D eigenvalue weighted by Crippen LogP contribution is -2.46. The molecule has 0 saturated carbocycles. The third-order valence-electron chi connectivity index (χ3n) is 6.28. The maximum Gasteiger partial charge on any atom is 0.433 e. The molecule has 7 nitrogen and oxygen atoms in total. The van der Waals surface area contributed by atoms with E-state index in [1.807, 2.05) is 4.57 Å². The van der Waals surface area contributed by atoms with Crippen molar-refractivity contribution in [3.8, 4) is 11.3 Å². The zero-order chi connectivity index (χ0) is 25.4. The summed E-state index contributed by atoms with van der Waals surface area (Å²) in [7, 11) is 0. The van der Waals surface area contributed by atoms with Crippen molar-refractivity contribution in [3.05, 3.63) is 36.0 Å². The smallest absolute Gasteiger partial charge is 0.433 e. The number of likely N-dealkylation sites (tertiary alicyclic amines) is 2. The monoisotopic (exact) mass is 497 g/mol. The Morgan fingerprint density at radius 2 is 1.91 bits per heavy atom. The first-order valence-electron chi connectivity index (χ1n) is 11.9. The molecule has 2 aliphatic rings. The molecule has 35 heavy (non-hydrogen) atoms. The number of hydrogen-bond acceptors (Lipinski definition) is 5. The van der Waals surface area contributed by atoms with Gasteiger partial charge < -0.3 is 19.1 Å². The normalized spacial score (nSPS) is 21.6. The molecular formula is C24H31F4N5O2. The van der Waals surface area contributed by atoms with Crippen molar-refractivity contribution in [2.45, 2.75) is 64.0 Å². The van der Waals surface area contributed by atoms with E-state index in [1.165, 1.54) is 11.0 Å². The van der Waals surface area contributed by atoms with Gasteiger partial charge in [-0.15, -0.1) is 0 Å². The maximum atomic E-state index is 15.4. The zero-order valence-electron chi connectivity index (χ0n) is 20.2. The number of carbonyl (C=O) groups is 1. The van der Waals surface area contributed by atoms with Crippen LogP contribution in [0, 0.1) is 0 Å². The van der Waals surface area contributed by atoms with Crippen molar-refractivity contribution >= 4 is 6.09 Å². The molecule has 2 saturated heterocycles. The summed E-state index contributed by atoms with van der Waals surface area (Å²) in [6.45, 7) is 8.74. The summed E-state index contributed by atoms with van der Waals surface area (Å²) < 4.78 is 62.2. The molecule has 0 aliphatic carbocycles. The minimum Gasteiger partial charge on any atom is -0.444 e. The van der Waals surface area contributed by atoms with Gasteiger partial charge in [0.15, 0.2) is 0 Å². The first-order valence-corrected chi connectivity index (χ1v) is 11.9. The highest BCUT2D eigenvalue weighted by Gasteiger charge is 2.37. The average molecular weight is 498 g/mol. The first kappa shape index (κ1) is 25.4. The Labute approximate surface area is 202 Å². The fourth-order valence-corrected chi connectivity index (χ4v) is 4.33. The van der Waals surface area contributed by atoms with Gasteiger partial charge in [0.2, 0.25) is 0 Å². The van der Waals surface area contributed by atoms with Crippen molar-refractivity contribution in [1.29, 1.82) is 0 Å². The number of ether oxygens (including phenoxy) is 1. The van der Waals surface area contributed by atoms with Crippen molar-refractivity contribution in [3.63, 3.8) is 0 Å². The van der Waals surface area contributed by atoms with Crippen LogP contribution >= 0.6 is 0 Å². The second kappa shape index (κ2) is 9.75. The van der Waals surface area contributed by atoms with Gasteiger partial charge in [-0.3, -0.25) is 4.98 Å². The van der Waals surface area contributed by atoms with E-state index in [0.717, 1.165) is 38.3 Å². The van der Waals surface area contributed by atoms with E-state index in [2.05, 4.69) is 14.9 Å². The van der Waals surface area contributed by atoms with E-state index >= 15 is 4.39 Å². The maximum absolute atomic E-state index is 15.4. The van der Waals surface area contributed by atoms with Crippen LogP contribution in [0.3, 0.4) is 0 Å². The fourth-order valence-electron chi connectivity index (χ4n) is 4.33. The molecule has 1 amide bonds. The number of rotatable bonds is 5. The van der Waals surface area contributed by atoms with Gasteiger partial charge in [-0.25, -0.2) is 14.2 Å². The van der Waals surface area contributed by atoms with Gasteiger partial charge >= 0.3 is 12.3 Å². The van der Waals surface area contributed by atoms with Crippen molar-refractivity contribution in [2.24, 2.45) is 0 Å². The fraction of sp³-hybridized carbons (Fsp3) is 0.625. The van der Waals surface area contributed by atoms with Crippen LogP contribution in [0.25, 0.3) is 11.3 Å². The molecule has 2 aliphatic heterocycles. The molecule has 11 heteroatoms. The second-order valence-corrected chi connectivity index (χ2v) is 10.1. The Hall–Kier alpha value is -2.69. The summed E-state index contributed by atoms with van der Waals surface area (Å²) in [6.07, 6.45) is -2.24. The minimum absolute atomic E-state index is 0.124. The molecule has 2 aromatic heterocycles. The van der Waals surface area contributed by atoms with E-state index in [0.29, 0.717) is 31.0 Å². The molecule has 4 rings (SSSR count). The molecular weight excluding hydrogens is 466 g/mol. The quantitative estimate of drug-likeness (QED) is 0.559. The van der Waals surface area contributed by atoms with Crippen LogP contribution in [0.5, 0.6) is 0 Å². The molecule has 0 aromatic carbocycles. The van der Waals surface area contributed by atoms with E-state index in [1.54, 1.807) is 27.0 Å². The van der Waals surface area contributed by atoms with Crippen LogP contribution in [-0.2, 0) is 17.5 Å². The van der Waals surface area contributed by atoms with Crippen molar-refractivity contribution in [2.75, 3.05) is 32.7 Å². The molecule has 0 N–H and O–H groups in total. The summed E-state index contributed by atoms with van der Waals surface area (Å²) in [5.74, 6) is -0.0926. The molecule has 2 fully saturated rings. The lowest BCUT2D eigenvalue weighted by Gasteiger charge is -2.36. The van der Waals surface area contributed by atoms with E-state index < -0.39 is 35.7 Å². The number of hydrogen-bond donors (Lipinski definition) is 0. The lowest BCUT2D eigenvalue weighted by atomic mass is 9.94. The number of amides is 1. The predicted molar refractivity (Wildman–Crippen MR) is 122 cm³/mol. The highest BCUT2D eigenvalue weighted by Crippen LogP contribution is 2.34. The molecule has 0 bridgehead atoms. The molecule has 2 atom stereocenters. The largest absolute Gasteiger partial charge is 0.444 e. The zero-order valence-corrected chi connectivity index (χ0v) is 20.2. The summed E-state index contributed by atoms with van der Waals surface area (Å²) in [4.78, 5) is 24.0. The van der Waals surface area contributed by atoms with Gasteiger partial charge in [0.05, 0.1) is 18.2 Å². The molecule has 2 aromatic rings. The van der Waals surface area contributed by atoms with Gasteiger partial charge in [0.25, 0.3) is 0 Å². The number of nitrogens with zero attached hydrogens (tertiary/aromatic N) is 5. The van der Waals surface area contributed by atoms with E-state index in [4.69, 9.17) is 4.74 Å². The Bertz CT molecular complexity index is 1050. The van der Waals surface area contributed by atoms with Crippen LogP contribution in [-0.4, -0.2) is 74.9 Å². The summed E-state index contributed by atoms with van der Waals surface area (Å²) in [6, 6.07) is 2.43. The highest BCUT2D eigenvalue weighted by atomic mass is 19.4. The van der Waals surface area contributed by atoms with Crippen LogP contribution in [0.15, 0.2) is 24.5 Å². The molecule has 0 spiro atoms. The average Bonchev–Trinajstić information content (AvgIpc) is 3.15. The van der Waals surface area contributed by atoms with Gasteiger partial charge in [-0.05, 0) is 58.8 Å².